The molecule has 0 saturated carbocycles. The average Bonchev–Trinajstić information content (AvgIpc) is 2.60. The van der Waals surface area contributed by atoms with Crippen molar-refractivity contribution in [1.82, 2.24) is 5.32 Å². The fourth-order valence-electron chi connectivity index (χ4n) is 2.41. The maximum atomic E-state index is 12.6. The Bertz CT molecular complexity index is 397. The zero-order chi connectivity index (χ0) is 15.7. The molecule has 0 aromatic heterocycles. The van der Waals surface area contributed by atoms with Crippen molar-refractivity contribution in [2.75, 3.05) is 7.05 Å². The largest absolute Gasteiger partial charge is 0.458 e. The topological polar surface area (TPSA) is 64.6 Å². The highest BCUT2D eigenvalue weighted by atomic mass is 16.6. The molecule has 1 heterocycles. The van der Waals surface area contributed by atoms with E-state index in [9.17, 15) is 9.59 Å². The van der Waals surface area contributed by atoms with Crippen molar-refractivity contribution in [3.63, 3.8) is 0 Å². The molecule has 0 aromatic carbocycles. The van der Waals surface area contributed by atoms with Gasteiger partial charge in [-0.2, -0.15) is 0 Å². The van der Waals surface area contributed by atoms with E-state index in [1.165, 1.54) is 0 Å². The third-order valence-corrected chi connectivity index (χ3v) is 5.22. The molecule has 0 spiro atoms. The summed E-state index contributed by atoms with van der Waals surface area (Å²) in [6.45, 7) is 11.1. The number of nitrogens with one attached hydrogen (secondary N) is 1. The summed E-state index contributed by atoms with van der Waals surface area (Å²) in [4.78, 5) is 24.3. The molecular weight excluding hydrogens is 258 g/mol. The van der Waals surface area contributed by atoms with E-state index in [0.29, 0.717) is 6.42 Å². The average molecular weight is 285 g/mol. The highest BCUT2D eigenvalue weighted by Gasteiger charge is 2.54. The molecule has 116 valence electrons. The summed E-state index contributed by atoms with van der Waals surface area (Å²) in [5.41, 5.74) is -1.54. The van der Waals surface area contributed by atoms with E-state index >= 15 is 0 Å². The maximum absolute atomic E-state index is 12.6. The van der Waals surface area contributed by atoms with Crippen LogP contribution in [0.15, 0.2) is 0 Å². The fourth-order valence-corrected chi connectivity index (χ4v) is 2.41. The molecular formula is C15H27NO4. The lowest BCUT2D eigenvalue weighted by molar-refractivity contribution is -0.179. The van der Waals surface area contributed by atoms with Crippen LogP contribution in [-0.2, 0) is 19.1 Å². The molecule has 5 unspecified atom stereocenters. The minimum Gasteiger partial charge on any atom is -0.458 e. The third-order valence-electron chi connectivity index (χ3n) is 5.22. The van der Waals surface area contributed by atoms with E-state index in [4.69, 9.17) is 9.47 Å². The molecule has 20 heavy (non-hydrogen) atoms. The number of rotatable bonds is 5. The molecule has 0 aromatic rings. The quantitative estimate of drug-likeness (QED) is 0.782. The van der Waals surface area contributed by atoms with Gasteiger partial charge in [-0.15, -0.1) is 0 Å². The zero-order valence-corrected chi connectivity index (χ0v) is 13.6. The van der Waals surface area contributed by atoms with Crippen molar-refractivity contribution in [1.29, 1.82) is 0 Å². The van der Waals surface area contributed by atoms with E-state index in [2.05, 4.69) is 5.32 Å². The van der Waals surface area contributed by atoms with Crippen molar-refractivity contribution in [3.8, 4) is 0 Å². The minimum absolute atomic E-state index is 0.0211. The lowest BCUT2D eigenvalue weighted by atomic mass is 9.80. The molecule has 1 fully saturated rings. The monoisotopic (exact) mass is 285 g/mol. The van der Waals surface area contributed by atoms with Gasteiger partial charge < -0.3 is 14.8 Å². The molecule has 0 bridgehead atoms. The number of carbonyl (C=O) groups excluding carboxylic acids is 2. The first kappa shape index (κ1) is 17.0. The van der Waals surface area contributed by atoms with Gasteiger partial charge in [-0.1, -0.05) is 6.92 Å². The first-order valence-electron chi connectivity index (χ1n) is 7.24. The highest BCUT2D eigenvalue weighted by molar-refractivity contribution is 5.81. The van der Waals surface area contributed by atoms with Crippen molar-refractivity contribution in [3.05, 3.63) is 0 Å². The number of hydrogen-bond donors (Lipinski definition) is 1. The van der Waals surface area contributed by atoms with Crippen LogP contribution in [0.3, 0.4) is 0 Å². The van der Waals surface area contributed by atoms with Crippen LogP contribution >= 0.6 is 0 Å². The van der Waals surface area contributed by atoms with Gasteiger partial charge in [0.2, 0.25) is 0 Å². The van der Waals surface area contributed by atoms with Gasteiger partial charge in [0.25, 0.3) is 0 Å². The Morgan fingerprint density at radius 3 is 2.45 bits per heavy atom. The van der Waals surface area contributed by atoms with E-state index in [0.717, 1.165) is 0 Å². The van der Waals surface area contributed by atoms with Crippen LogP contribution in [-0.4, -0.2) is 36.7 Å². The standard InChI is InChI=1S/C15H27NO4/c1-8-14(5,10(3)16-7)13(18)20-15(6)9(2)12(17)19-11(15)4/h9-11,16H,8H2,1-7H3. The van der Waals surface area contributed by atoms with Gasteiger partial charge in [0.05, 0.1) is 11.3 Å². The van der Waals surface area contributed by atoms with Gasteiger partial charge in [0.15, 0.2) is 5.60 Å². The molecule has 0 aliphatic carbocycles. The molecule has 5 heteroatoms. The first-order valence-corrected chi connectivity index (χ1v) is 7.24. The summed E-state index contributed by atoms with van der Waals surface area (Å²) < 4.78 is 10.9. The van der Waals surface area contributed by atoms with E-state index in [1.54, 1.807) is 20.8 Å². The number of ether oxygens (including phenoxy) is 2. The molecule has 5 atom stereocenters. The smallest absolute Gasteiger partial charge is 0.314 e. The SMILES string of the molecule is CCC(C)(C(=O)OC1(C)C(C)OC(=O)C1C)C(C)NC. The number of cyclic esters (lactones) is 1. The predicted molar refractivity (Wildman–Crippen MR) is 76.1 cm³/mol. The summed E-state index contributed by atoms with van der Waals surface area (Å²) in [6.07, 6.45) is 0.224. The number of carbonyl (C=O) groups is 2. The molecule has 1 aliphatic rings. The Kier molecular flexibility index (Phi) is 4.85. The Balaban J connectivity index is 2.97. The fraction of sp³-hybridized carbons (Fsp3) is 0.867. The van der Waals surface area contributed by atoms with Crippen molar-refractivity contribution in [2.45, 2.75) is 65.7 Å². The molecule has 5 nitrogen and oxygen atoms in total. The zero-order valence-electron chi connectivity index (χ0n) is 13.6. The third kappa shape index (κ3) is 2.55. The normalized spacial score (nSPS) is 34.2. The lowest BCUT2D eigenvalue weighted by Crippen LogP contribution is -2.51. The van der Waals surface area contributed by atoms with Crippen LogP contribution in [0.5, 0.6) is 0 Å². The van der Waals surface area contributed by atoms with Gasteiger partial charge in [0, 0.05) is 6.04 Å². The van der Waals surface area contributed by atoms with Crippen LogP contribution < -0.4 is 5.32 Å². The van der Waals surface area contributed by atoms with Gasteiger partial charge in [-0.05, 0) is 48.1 Å². The predicted octanol–water partition coefficient (Wildman–Crippen LogP) is 1.89. The molecule has 0 radical (unpaired) electrons. The number of hydrogen-bond acceptors (Lipinski definition) is 5. The lowest BCUT2D eigenvalue weighted by Gasteiger charge is -2.37. The van der Waals surface area contributed by atoms with Gasteiger partial charge >= 0.3 is 11.9 Å². The summed E-state index contributed by atoms with van der Waals surface area (Å²) in [5.74, 6) is -1.05. The molecule has 1 aliphatic heterocycles. The van der Waals surface area contributed by atoms with E-state index < -0.39 is 23.0 Å². The van der Waals surface area contributed by atoms with Crippen LogP contribution in [0.2, 0.25) is 0 Å². The second kappa shape index (κ2) is 5.72. The summed E-state index contributed by atoms with van der Waals surface area (Å²) in [6, 6.07) is -0.0211. The Hall–Kier alpha value is -1.10. The summed E-state index contributed by atoms with van der Waals surface area (Å²) in [7, 11) is 1.82. The first-order chi connectivity index (χ1) is 9.13. The van der Waals surface area contributed by atoms with Gasteiger partial charge in [-0.3, -0.25) is 9.59 Å². The Labute approximate surface area is 121 Å². The van der Waals surface area contributed by atoms with Gasteiger partial charge in [-0.25, -0.2) is 0 Å². The van der Waals surface area contributed by atoms with Crippen LogP contribution in [0.25, 0.3) is 0 Å². The summed E-state index contributed by atoms with van der Waals surface area (Å²) in [5, 5.41) is 3.11. The van der Waals surface area contributed by atoms with E-state index in [1.807, 2.05) is 27.8 Å². The minimum atomic E-state index is -0.905. The number of esters is 2. The van der Waals surface area contributed by atoms with E-state index in [-0.39, 0.29) is 18.0 Å². The Morgan fingerprint density at radius 2 is 2.10 bits per heavy atom. The molecule has 1 rings (SSSR count). The van der Waals surface area contributed by atoms with Crippen LogP contribution in [0, 0.1) is 11.3 Å². The molecule has 1 saturated heterocycles. The summed E-state index contributed by atoms with van der Waals surface area (Å²) >= 11 is 0. The highest BCUT2D eigenvalue weighted by Crippen LogP contribution is 2.38. The van der Waals surface area contributed by atoms with Crippen molar-refractivity contribution >= 4 is 11.9 Å². The van der Waals surface area contributed by atoms with Crippen molar-refractivity contribution in [2.24, 2.45) is 11.3 Å². The van der Waals surface area contributed by atoms with Crippen molar-refractivity contribution < 1.29 is 19.1 Å². The Morgan fingerprint density at radius 1 is 1.55 bits per heavy atom. The molecule has 1 N–H and O–H groups in total. The van der Waals surface area contributed by atoms with Crippen LogP contribution in [0.1, 0.15) is 48.0 Å². The van der Waals surface area contributed by atoms with Crippen LogP contribution in [0.4, 0.5) is 0 Å². The second-order valence-electron chi connectivity index (χ2n) is 6.16. The second-order valence-corrected chi connectivity index (χ2v) is 6.16. The maximum Gasteiger partial charge on any atom is 0.314 e. The molecule has 0 amide bonds. The van der Waals surface area contributed by atoms with Gasteiger partial charge in [0.1, 0.15) is 6.10 Å².